The Hall–Kier alpha value is -4.01. The van der Waals surface area contributed by atoms with E-state index >= 15 is 0 Å². The summed E-state index contributed by atoms with van der Waals surface area (Å²) < 4.78 is 39.9. The maximum atomic E-state index is 14.3. The van der Waals surface area contributed by atoms with Crippen molar-refractivity contribution in [3.63, 3.8) is 0 Å². The molecule has 5 rings (SSSR count). The van der Waals surface area contributed by atoms with Crippen LogP contribution in [0, 0.1) is 11.6 Å². The second kappa shape index (κ2) is 5.28. The minimum absolute atomic E-state index is 0.0154. The van der Waals surface area contributed by atoms with Crippen LogP contribution < -0.4 is 16.2 Å². The third-order valence-electron chi connectivity index (χ3n) is 5.19. The number of rotatable bonds is 0. The molecule has 7 nitrogen and oxygen atoms in total. The number of benzene rings is 3. The average molecular weight is 398 g/mol. The van der Waals surface area contributed by atoms with Gasteiger partial charge in [0.2, 0.25) is 0 Å². The van der Waals surface area contributed by atoms with Crippen molar-refractivity contribution in [2.75, 3.05) is 11.5 Å². The molecule has 0 amide bonds. The smallest absolute Gasteiger partial charge is 0.342 e. The summed E-state index contributed by atoms with van der Waals surface area (Å²) in [4.78, 5) is 12.8. The number of nitrogens with two attached hydrogens (primary N) is 2. The lowest BCUT2D eigenvalue weighted by Gasteiger charge is -2.36. The highest BCUT2D eigenvalue weighted by Crippen LogP contribution is 2.58. The number of ether oxygens (including phenoxy) is 2. The number of phenolic OH excluding ortho intramolecular Hbond substituents is 2. The zero-order valence-electron chi connectivity index (χ0n) is 14.5. The quantitative estimate of drug-likeness (QED) is 0.338. The van der Waals surface area contributed by atoms with E-state index in [2.05, 4.69) is 0 Å². The van der Waals surface area contributed by atoms with Gasteiger partial charge in [-0.3, -0.25) is 0 Å². The fraction of sp³-hybridized carbons (Fsp3) is 0.0500. The van der Waals surface area contributed by atoms with Gasteiger partial charge in [0.25, 0.3) is 0 Å². The first-order chi connectivity index (χ1) is 13.7. The molecule has 3 aromatic rings. The first kappa shape index (κ1) is 17.1. The highest BCUT2D eigenvalue weighted by molar-refractivity contribution is 6.04. The zero-order chi connectivity index (χ0) is 20.7. The molecule has 0 saturated carbocycles. The Balaban J connectivity index is 1.95. The van der Waals surface area contributed by atoms with Crippen LogP contribution >= 0.6 is 0 Å². The second-order valence-electron chi connectivity index (χ2n) is 6.76. The van der Waals surface area contributed by atoms with E-state index in [4.69, 9.17) is 20.9 Å². The summed E-state index contributed by atoms with van der Waals surface area (Å²) in [6.45, 7) is 0. The van der Waals surface area contributed by atoms with E-state index in [-0.39, 0.29) is 45.1 Å². The van der Waals surface area contributed by atoms with Crippen molar-refractivity contribution in [3.8, 4) is 23.0 Å². The maximum absolute atomic E-state index is 14.3. The summed E-state index contributed by atoms with van der Waals surface area (Å²) in [7, 11) is 0. The number of carbonyl (C=O) groups is 1. The number of hydrogen-bond donors (Lipinski definition) is 4. The van der Waals surface area contributed by atoms with Gasteiger partial charge in [-0.25, -0.2) is 13.6 Å². The first-order valence-corrected chi connectivity index (χ1v) is 8.39. The number of hydrogen-bond acceptors (Lipinski definition) is 7. The van der Waals surface area contributed by atoms with Crippen molar-refractivity contribution in [1.29, 1.82) is 0 Å². The molecule has 29 heavy (non-hydrogen) atoms. The predicted octanol–water partition coefficient (Wildman–Crippen LogP) is 3.11. The molecule has 1 spiro atoms. The van der Waals surface area contributed by atoms with Gasteiger partial charge < -0.3 is 31.2 Å². The molecule has 0 radical (unpaired) electrons. The van der Waals surface area contributed by atoms with Gasteiger partial charge in [0.1, 0.15) is 11.5 Å². The van der Waals surface area contributed by atoms with Crippen LogP contribution in [0.2, 0.25) is 0 Å². The molecule has 9 heteroatoms. The molecular formula is C20H12F2N2O5. The van der Waals surface area contributed by atoms with Gasteiger partial charge in [0.15, 0.2) is 28.7 Å². The highest BCUT2D eigenvalue weighted by atomic mass is 19.1. The lowest BCUT2D eigenvalue weighted by Crippen LogP contribution is -2.33. The van der Waals surface area contributed by atoms with Crippen molar-refractivity contribution >= 4 is 17.3 Å². The normalized spacial score (nSPS) is 15.3. The summed E-state index contributed by atoms with van der Waals surface area (Å²) in [6, 6.07) is 6.80. The summed E-state index contributed by atoms with van der Waals surface area (Å²) in [5.41, 5.74) is 10.3. The summed E-state index contributed by atoms with van der Waals surface area (Å²) in [6.07, 6.45) is 0. The zero-order valence-corrected chi connectivity index (χ0v) is 14.5. The van der Waals surface area contributed by atoms with E-state index in [0.29, 0.717) is 0 Å². The number of phenols is 2. The molecule has 0 unspecified atom stereocenters. The number of carbonyl (C=O) groups excluding carboxylic acids is 1. The van der Waals surface area contributed by atoms with Crippen LogP contribution in [0.15, 0.2) is 36.4 Å². The molecule has 0 fully saturated rings. The van der Waals surface area contributed by atoms with Crippen molar-refractivity contribution in [1.82, 2.24) is 0 Å². The van der Waals surface area contributed by atoms with Gasteiger partial charge >= 0.3 is 5.97 Å². The van der Waals surface area contributed by atoms with Gasteiger partial charge in [-0.15, -0.1) is 0 Å². The SMILES string of the molecule is Nc1ccc2c(c1N)C(=O)OC21c2cc(F)c(O)cc2Oc2cc(O)c(F)cc21. The van der Waals surface area contributed by atoms with Crippen LogP contribution in [0.4, 0.5) is 20.2 Å². The number of nitrogen functional groups attached to an aromatic ring is 2. The highest BCUT2D eigenvalue weighted by Gasteiger charge is 2.55. The molecule has 0 bridgehead atoms. The standard InChI is InChI=1S/C20H12F2N2O5/c21-10-3-8-15(5-13(10)25)28-16-6-14(26)11(22)4-9(16)20(8)7-1-2-12(23)18(24)17(7)19(27)29-20/h1-6,25-26H,23-24H2. The van der Waals surface area contributed by atoms with Crippen LogP contribution in [0.25, 0.3) is 0 Å². The number of anilines is 2. The van der Waals surface area contributed by atoms with Gasteiger partial charge in [-0.2, -0.15) is 0 Å². The first-order valence-electron chi connectivity index (χ1n) is 8.39. The van der Waals surface area contributed by atoms with E-state index in [1.165, 1.54) is 12.1 Å². The summed E-state index contributed by atoms with van der Waals surface area (Å²) in [5.74, 6) is -4.32. The van der Waals surface area contributed by atoms with Crippen molar-refractivity contribution in [2.24, 2.45) is 0 Å². The Morgan fingerprint density at radius 2 is 1.41 bits per heavy atom. The monoisotopic (exact) mass is 398 g/mol. The molecule has 0 atom stereocenters. The minimum Gasteiger partial charge on any atom is -0.505 e. The van der Waals surface area contributed by atoms with E-state index in [1.807, 2.05) is 0 Å². The van der Waals surface area contributed by atoms with Crippen LogP contribution in [0.5, 0.6) is 23.0 Å². The van der Waals surface area contributed by atoms with E-state index < -0.39 is 34.7 Å². The van der Waals surface area contributed by atoms with Crippen LogP contribution in [0.3, 0.4) is 0 Å². The third kappa shape index (κ3) is 2.01. The Morgan fingerprint density at radius 3 is 1.97 bits per heavy atom. The Labute approximate surface area is 161 Å². The summed E-state index contributed by atoms with van der Waals surface area (Å²) in [5, 5.41) is 19.5. The molecule has 3 aromatic carbocycles. The number of esters is 1. The molecule has 0 saturated heterocycles. The molecule has 0 aliphatic carbocycles. The molecular weight excluding hydrogens is 386 g/mol. The van der Waals surface area contributed by atoms with Crippen LogP contribution in [-0.2, 0) is 10.3 Å². The third-order valence-corrected chi connectivity index (χ3v) is 5.19. The lowest BCUT2D eigenvalue weighted by atomic mass is 9.77. The number of halogens is 2. The fourth-order valence-corrected chi connectivity index (χ4v) is 3.86. The van der Waals surface area contributed by atoms with E-state index in [9.17, 15) is 23.8 Å². The Kier molecular flexibility index (Phi) is 3.12. The topological polar surface area (TPSA) is 128 Å². The lowest BCUT2D eigenvalue weighted by molar-refractivity contribution is 0.0222. The largest absolute Gasteiger partial charge is 0.505 e. The summed E-state index contributed by atoms with van der Waals surface area (Å²) >= 11 is 0. The minimum atomic E-state index is -1.82. The molecule has 146 valence electrons. The molecule has 6 N–H and O–H groups in total. The van der Waals surface area contributed by atoms with Gasteiger partial charge in [-0.05, 0) is 18.2 Å². The van der Waals surface area contributed by atoms with Crippen LogP contribution in [-0.4, -0.2) is 16.2 Å². The molecule has 2 aliphatic rings. The van der Waals surface area contributed by atoms with Crippen molar-refractivity contribution in [3.05, 3.63) is 70.3 Å². The molecule has 0 aromatic heterocycles. The van der Waals surface area contributed by atoms with Gasteiger partial charge in [0.05, 0.1) is 28.1 Å². The van der Waals surface area contributed by atoms with Gasteiger partial charge in [-0.1, -0.05) is 6.07 Å². The Morgan fingerprint density at radius 1 is 0.862 bits per heavy atom. The van der Waals surface area contributed by atoms with Crippen molar-refractivity contribution in [2.45, 2.75) is 5.60 Å². The van der Waals surface area contributed by atoms with E-state index in [0.717, 1.165) is 24.3 Å². The van der Waals surface area contributed by atoms with Gasteiger partial charge in [0, 0.05) is 17.7 Å². The molecule has 2 aliphatic heterocycles. The van der Waals surface area contributed by atoms with Crippen molar-refractivity contribution < 1.29 is 33.3 Å². The Bertz CT molecular complexity index is 1200. The average Bonchev–Trinajstić information content (AvgIpc) is 2.96. The van der Waals surface area contributed by atoms with Crippen LogP contribution in [0.1, 0.15) is 27.0 Å². The molecule has 2 heterocycles. The fourth-order valence-electron chi connectivity index (χ4n) is 3.86. The van der Waals surface area contributed by atoms with E-state index in [1.54, 1.807) is 0 Å². The maximum Gasteiger partial charge on any atom is 0.342 e. The number of aromatic hydroxyl groups is 2. The predicted molar refractivity (Wildman–Crippen MR) is 96.8 cm³/mol. The second-order valence-corrected chi connectivity index (χ2v) is 6.76. The number of fused-ring (bicyclic) bond motifs is 6.